The summed E-state index contributed by atoms with van der Waals surface area (Å²) in [5.41, 5.74) is 1.01. The molecule has 3 rings (SSSR count). The third-order valence-corrected chi connectivity index (χ3v) is 2.29. The highest BCUT2D eigenvalue weighted by Gasteiger charge is 2.33. The van der Waals surface area contributed by atoms with Gasteiger partial charge in [0.25, 0.3) is 0 Å². The molecule has 2 aromatic rings. The van der Waals surface area contributed by atoms with E-state index < -0.39 is 0 Å². The van der Waals surface area contributed by atoms with Crippen LogP contribution in [0.4, 0.5) is 0 Å². The summed E-state index contributed by atoms with van der Waals surface area (Å²) in [4.78, 5) is 3.98. The monoisotopic (exact) mass is 197 g/mol. The molecule has 2 heterocycles. The van der Waals surface area contributed by atoms with Crippen molar-refractivity contribution in [1.29, 1.82) is 0 Å². The van der Waals surface area contributed by atoms with E-state index in [2.05, 4.69) is 4.98 Å². The fourth-order valence-electron chi connectivity index (χ4n) is 1.55. The second kappa shape index (κ2) is 3.31. The van der Waals surface area contributed by atoms with Gasteiger partial charge in [-0.05, 0) is 0 Å². The second-order valence-corrected chi connectivity index (χ2v) is 3.30. The first-order chi connectivity index (χ1) is 7.43. The smallest absolute Gasteiger partial charge is 0.519 e. The summed E-state index contributed by atoms with van der Waals surface area (Å²) < 4.78 is 11.2. The van der Waals surface area contributed by atoms with Crippen LogP contribution in [0.3, 0.4) is 0 Å². The van der Waals surface area contributed by atoms with Gasteiger partial charge in [0.15, 0.2) is 5.75 Å². The van der Waals surface area contributed by atoms with Gasteiger partial charge < -0.3 is 9.31 Å². The Hall–Kier alpha value is -1.97. The number of aromatic nitrogens is 1. The molecular formula is C11H8BNO2. The predicted molar refractivity (Wildman–Crippen MR) is 57.3 cm³/mol. The van der Waals surface area contributed by atoms with Crippen LogP contribution in [0.25, 0.3) is 0 Å². The molecule has 0 atom stereocenters. The highest BCUT2D eigenvalue weighted by Crippen LogP contribution is 2.31. The lowest BCUT2D eigenvalue weighted by atomic mass is 9.79. The van der Waals surface area contributed by atoms with E-state index >= 15 is 0 Å². The molecule has 0 saturated carbocycles. The van der Waals surface area contributed by atoms with Gasteiger partial charge in [0.05, 0.1) is 6.20 Å². The Morgan fingerprint density at radius 2 is 1.73 bits per heavy atom. The lowest BCUT2D eigenvalue weighted by molar-refractivity contribution is 0.518. The third-order valence-electron chi connectivity index (χ3n) is 2.29. The fourth-order valence-corrected chi connectivity index (χ4v) is 1.55. The van der Waals surface area contributed by atoms with Crippen molar-refractivity contribution in [3.63, 3.8) is 0 Å². The van der Waals surface area contributed by atoms with E-state index in [1.165, 1.54) is 0 Å². The molecule has 0 fully saturated rings. The fraction of sp³-hybridized carbons (Fsp3) is 0. The van der Waals surface area contributed by atoms with Crippen molar-refractivity contribution in [3.05, 3.63) is 48.8 Å². The van der Waals surface area contributed by atoms with Crippen molar-refractivity contribution >= 4 is 12.6 Å². The molecule has 15 heavy (non-hydrogen) atoms. The molecular weight excluding hydrogens is 189 g/mol. The lowest BCUT2D eigenvalue weighted by Gasteiger charge is -2.03. The minimum Gasteiger partial charge on any atom is -0.519 e. The van der Waals surface area contributed by atoms with Gasteiger partial charge in [0, 0.05) is 17.7 Å². The molecule has 0 spiro atoms. The molecule has 0 N–H and O–H groups in total. The SMILES string of the molecule is c1ccc(B2Oc3ccncc3O2)cc1. The Labute approximate surface area is 87.8 Å². The van der Waals surface area contributed by atoms with Crippen molar-refractivity contribution in [2.75, 3.05) is 0 Å². The number of nitrogens with zero attached hydrogens (tertiary/aromatic N) is 1. The summed E-state index contributed by atoms with van der Waals surface area (Å²) in [5, 5.41) is 0. The normalized spacial score (nSPS) is 12.9. The number of pyridine rings is 1. The first kappa shape index (κ1) is 8.35. The molecule has 1 aromatic heterocycles. The zero-order valence-electron chi connectivity index (χ0n) is 7.96. The summed E-state index contributed by atoms with van der Waals surface area (Å²) in [6, 6.07) is 11.6. The van der Waals surface area contributed by atoms with Crippen LogP contribution in [0.1, 0.15) is 0 Å². The van der Waals surface area contributed by atoms with Crippen LogP contribution in [0, 0.1) is 0 Å². The van der Waals surface area contributed by atoms with Crippen molar-refractivity contribution in [2.45, 2.75) is 0 Å². The van der Waals surface area contributed by atoms with Crippen LogP contribution in [-0.2, 0) is 0 Å². The Balaban J connectivity index is 1.91. The quantitative estimate of drug-likeness (QED) is 0.644. The van der Waals surface area contributed by atoms with E-state index in [4.69, 9.17) is 9.31 Å². The Bertz CT molecular complexity index is 450. The van der Waals surface area contributed by atoms with Crippen molar-refractivity contribution in [3.8, 4) is 11.5 Å². The maximum Gasteiger partial charge on any atom is 0.632 e. The predicted octanol–water partition coefficient (Wildman–Crippen LogP) is 1.25. The molecule has 72 valence electrons. The number of hydrogen-bond donors (Lipinski definition) is 0. The van der Waals surface area contributed by atoms with Crippen LogP contribution in [-0.4, -0.2) is 12.1 Å². The van der Waals surface area contributed by atoms with Crippen LogP contribution >= 0.6 is 0 Å². The van der Waals surface area contributed by atoms with Gasteiger partial charge in [-0.3, -0.25) is 4.98 Å². The highest BCUT2D eigenvalue weighted by molar-refractivity contribution is 6.63. The van der Waals surface area contributed by atoms with E-state index in [1.807, 2.05) is 30.3 Å². The standard InChI is InChI=1S/C11H8BNO2/c1-2-4-9(5-3-1)12-14-10-6-7-13-8-11(10)15-12/h1-8H. The second-order valence-electron chi connectivity index (χ2n) is 3.30. The van der Waals surface area contributed by atoms with Crippen molar-refractivity contribution in [2.24, 2.45) is 0 Å². The van der Waals surface area contributed by atoms with E-state index in [1.54, 1.807) is 18.5 Å². The summed E-state index contributed by atoms with van der Waals surface area (Å²) in [7, 11) is -0.342. The highest BCUT2D eigenvalue weighted by atomic mass is 16.6. The molecule has 1 aliphatic heterocycles. The molecule has 0 amide bonds. The maximum absolute atomic E-state index is 5.63. The van der Waals surface area contributed by atoms with Gasteiger partial charge in [-0.2, -0.15) is 0 Å². The van der Waals surface area contributed by atoms with E-state index in [9.17, 15) is 0 Å². The molecule has 3 nitrogen and oxygen atoms in total. The zero-order valence-corrected chi connectivity index (χ0v) is 7.96. The molecule has 1 aromatic carbocycles. The number of rotatable bonds is 1. The molecule has 0 unspecified atom stereocenters. The van der Waals surface area contributed by atoms with Crippen LogP contribution in [0.5, 0.6) is 11.5 Å². The largest absolute Gasteiger partial charge is 0.632 e. The summed E-state index contributed by atoms with van der Waals surface area (Å²) in [5.74, 6) is 1.45. The third kappa shape index (κ3) is 1.44. The summed E-state index contributed by atoms with van der Waals surface area (Å²) in [6.07, 6.45) is 3.36. The number of benzene rings is 1. The number of fused-ring (bicyclic) bond motifs is 1. The minimum atomic E-state index is -0.342. The average Bonchev–Trinajstić information content (AvgIpc) is 2.74. The summed E-state index contributed by atoms with van der Waals surface area (Å²) >= 11 is 0. The van der Waals surface area contributed by atoms with E-state index in [0.29, 0.717) is 5.75 Å². The minimum absolute atomic E-state index is 0.342. The molecule has 0 bridgehead atoms. The van der Waals surface area contributed by atoms with Gasteiger partial charge in [-0.1, -0.05) is 30.3 Å². The topological polar surface area (TPSA) is 31.4 Å². The first-order valence-electron chi connectivity index (χ1n) is 4.76. The molecule has 1 aliphatic rings. The molecule has 4 heteroatoms. The van der Waals surface area contributed by atoms with Gasteiger partial charge >= 0.3 is 7.12 Å². The summed E-state index contributed by atoms with van der Waals surface area (Å²) in [6.45, 7) is 0. The van der Waals surface area contributed by atoms with Crippen molar-refractivity contribution in [1.82, 2.24) is 4.98 Å². The molecule has 0 radical (unpaired) electrons. The average molecular weight is 197 g/mol. The lowest BCUT2D eigenvalue weighted by Crippen LogP contribution is -2.38. The van der Waals surface area contributed by atoms with Crippen LogP contribution in [0.15, 0.2) is 48.8 Å². The van der Waals surface area contributed by atoms with Gasteiger partial charge in [0.2, 0.25) is 0 Å². The van der Waals surface area contributed by atoms with Crippen LogP contribution in [0.2, 0.25) is 0 Å². The van der Waals surface area contributed by atoms with Gasteiger partial charge in [0.1, 0.15) is 5.75 Å². The Morgan fingerprint density at radius 1 is 0.933 bits per heavy atom. The van der Waals surface area contributed by atoms with E-state index in [0.717, 1.165) is 11.2 Å². The first-order valence-corrected chi connectivity index (χ1v) is 4.76. The maximum atomic E-state index is 5.63. The molecule has 0 saturated heterocycles. The van der Waals surface area contributed by atoms with Crippen LogP contribution < -0.4 is 14.8 Å². The Kier molecular flexibility index (Phi) is 1.84. The van der Waals surface area contributed by atoms with Gasteiger partial charge in [-0.25, -0.2) is 0 Å². The molecule has 0 aliphatic carbocycles. The zero-order chi connectivity index (χ0) is 10.1. The van der Waals surface area contributed by atoms with E-state index in [-0.39, 0.29) is 7.12 Å². The Morgan fingerprint density at radius 3 is 2.53 bits per heavy atom. The van der Waals surface area contributed by atoms with Crippen molar-refractivity contribution < 1.29 is 9.31 Å². The van der Waals surface area contributed by atoms with Gasteiger partial charge in [-0.15, -0.1) is 0 Å². The number of hydrogen-bond acceptors (Lipinski definition) is 3.